The van der Waals surface area contributed by atoms with Gasteiger partial charge in [-0.1, -0.05) is 36.4 Å². The van der Waals surface area contributed by atoms with E-state index in [9.17, 15) is 10.2 Å². The van der Waals surface area contributed by atoms with E-state index < -0.39 is 11.2 Å². The van der Waals surface area contributed by atoms with Gasteiger partial charge in [0.05, 0.1) is 18.8 Å². The minimum atomic E-state index is -1.11. The van der Waals surface area contributed by atoms with E-state index in [2.05, 4.69) is 41.0 Å². The number of β-amino-alcohol motifs (C(OH)–C–C–N with tert-alkyl or cyclic N) is 2. The molecule has 6 nitrogen and oxygen atoms in total. The Morgan fingerprint density at radius 2 is 1.65 bits per heavy atom. The minimum Gasteiger partial charge on any atom is -0.490 e. The highest BCUT2D eigenvalue weighted by Gasteiger charge is 2.39. The van der Waals surface area contributed by atoms with Crippen molar-refractivity contribution in [2.75, 3.05) is 57.4 Å². The fourth-order valence-corrected chi connectivity index (χ4v) is 4.61. The Morgan fingerprint density at radius 1 is 0.935 bits per heavy atom. The number of aryl methyl sites for hydroxylation is 1. The summed E-state index contributed by atoms with van der Waals surface area (Å²) in [5.41, 5.74) is 0.649. The molecule has 6 heteroatoms. The fraction of sp³-hybridized carbons (Fsp3) is 0.520. The highest BCUT2D eigenvalue weighted by molar-refractivity contribution is 5.53. The monoisotopic (exact) mass is 426 g/mol. The van der Waals surface area contributed by atoms with Crippen molar-refractivity contribution >= 4 is 5.69 Å². The van der Waals surface area contributed by atoms with Gasteiger partial charge < -0.3 is 24.6 Å². The summed E-state index contributed by atoms with van der Waals surface area (Å²) in [5, 5.41) is 22.4. The highest BCUT2D eigenvalue weighted by Crippen LogP contribution is 2.29. The maximum absolute atomic E-state index is 11.3. The van der Waals surface area contributed by atoms with E-state index in [1.54, 1.807) is 0 Å². The van der Waals surface area contributed by atoms with Crippen LogP contribution in [0.3, 0.4) is 0 Å². The third kappa shape index (κ3) is 5.77. The number of hydrogen-bond donors (Lipinski definition) is 2. The smallest absolute Gasteiger partial charge is 0.134 e. The molecule has 2 aliphatic heterocycles. The molecule has 0 aromatic heterocycles. The van der Waals surface area contributed by atoms with Crippen LogP contribution in [0.1, 0.15) is 18.4 Å². The highest BCUT2D eigenvalue weighted by atomic mass is 16.5. The van der Waals surface area contributed by atoms with Crippen molar-refractivity contribution in [2.24, 2.45) is 0 Å². The number of benzene rings is 2. The van der Waals surface area contributed by atoms with Crippen molar-refractivity contribution < 1.29 is 19.7 Å². The van der Waals surface area contributed by atoms with E-state index in [0.29, 0.717) is 39.1 Å². The molecule has 2 aromatic rings. The number of ether oxygens (including phenoxy) is 2. The molecular formula is C25H34N2O4. The van der Waals surface area contributed by atoms with Gasteiger partial charge in [-0.15, -0.1) is 0 Å². The van der Waals surface area contributed by atoms with E-state index in [1.165, 1.54) is 11.3 Å². The molecule has 168 valence electrons. The van der Waals surface area contributed by atoms with Gasteiger partial charge in [0.15, 0.2) is 0 Å². The van der Waals surface area contributed by atoms with Crippen LogP contribution in [-0.2, 0) is 4.74 Å². The average Bonchev–Trinajstić information content (AvgIpc) is 2.95. The van der Waals surface area contributed by atoms with Crippen LogP contribution in [0, 0.1) is 6.92 Å². The predicted molar refractivity (Wildman–Crippen MR) is 122 cm³/mol. The number of hydrogen-bond acceptors (Lipinski definition) is 6. The Bertz CT molecular complexity index is 838. The Hall–Kier alpha value is -2.12. The third-order valence-corrected chi connectivity index (χ3v) is 6.36. The zero-order valence-electron chi connectivity index (χ0n) is 18.4. The standard InChI is InChI=1S/C25H34N2O4/c1-21-7-5-6-10-23(21)27-13-11-24(28,12-14-27)17-26-15-16-30-19-25(29,18-26)20-31-22-8-3-2-4-9-22/h2-10,28-29H,11-20H2,1H3/t25-/m1/s1. The van der Waals surface area contributed by atoms with Crippen molar-refractivity contribution in [3.63, 3.8) is 0 Å². The van der Waals surface area contributed by atoms with Crippen LogP contribution >= 0.6 is 0 Å². The third-order valence-electron chi connectivity index (χ3n) is 6.36. The van der Waals surface area contributed by atoms with Crippen molar-refractivity contribution in [3.05, 3.63) is 60.2 Å². The van der Waals surface area contributed by atoms with Gasteiger partial charge in [-0.2, -0.15) is 0 Å². The predicted octanol–water partition coefficient (Wildman–Crippen LogP) is 2.47. The molecule has 31 heavy (non-hydrogen) atoms. The summed E-state index contributed by atoms with van der Waals surface area (Å²) in [4.78, 5) is 4.49. The molecule has 0 saturated carbocycles. The first-order valence-corrected chi connectivity index (χ1v) is 11.2. The van der Waals surface area contributed by atoms with Crippen LogP contribution in [0.4, 0.5) is 5.69 Å². The molecule has 0 radical (unpaired) electrons. The molecule has 0 aliphatic carbocycles. The van der Waals surface area contributed by atoms with Crippen LogP contribution in [0.15, 0.2) is 54.6 Å². The summed E-state index contributed by atoms with van der Waals surface area (Å²) in [6, 6.07) is 17.9. The van der Waals surface area contributed by atoms with E-state index in [-0.39, 0.29) is 13.2 Å². The van der Waals surface area contributed by atoms with Crippen molar-refractivity contribution in [1.82, 2.24) is 4.90 Å². The molecule has 2 N–H and O–H groups in total. The Kier molecular flexibility index (Phi) is 6.82. The lowest BCUT2D eigenvalue weighted by atomic mass is 9.89. The summed E-state index contributed by atoms with van der Waals surface area (Å²) in [6.45, 7) is 6.36. The number of rotatable bonds is 6. The quantitative estimate of drug-likeness (QED) is 0.740. The summed E-state index contributed by atoms with van der Waals surface area (Å²) < 4.78 is 11.5. The normalized spacial score (nSPS) is 24.5. The van der Waals surface area contributed by atoms with Crippen LogP contribution in [0.25, 0.3) is 0 Å². The first kappa shape index (κ1) is 22.1. The zero-order chi connectivity index (χ0) is 21.7. The van der Waals surface area contributed by atoms with Crippen LogP contribution in [0.5, 0.6) is 5.75 Å². The number of nitrogens with zero attached hydrogens (tertiary/aromatic N) is 2. The number of para-hydroxylation sites is 2. The number of anilines is 1. The topological polar surface area (TPSA) is 65.4 Å². The summed E-state index contributed by atoms with van der Waals surface area (Å²) in [5.74, 6) is 0.730. The molecule has 2 aromatic carbocycles. The zero-order valence-corrected chi connectivity index (χ0v) is 18.4. The Morgan fingerprint density at radius 3 is 2.39 bits per heavy atom. The first-order chi connectivity index (χ1) is 14.9. The molecule has 2 heterocycles. The van der Waals surface area contributed by atoms with Gasteiger partial charge in [-0.05, 0) is 43.5 Å². The van der Waals surface area contributed by atoms with Crippen molar-refractivity contribution in [2.45, 2.75) is 31.0 Å². The molecular weight excluding hydrogens is 392 g/mol. The molecule has 2 aliphatic rings. The maximum Gasteiger partial charge on any atom is 0.134 e. The first-order valence-electron chi connectivity index (χ1n) is 11.2. The second-order valence-electron chi connectivity index (χ2n) is 9.09. The van der Waals surface area contributed by atoms with Gasteiger partial charge in [-0.3, -0.25) is 4.90 Å². The average molecular weight is 427 g/mol. The lowest BCUT2D eigenvalue weighted by molar-refractivity contribution is -0.0742. The number of aliphatic hydroxyl groups is 2. The Labute approximate surface area is 185 Å². The molecule has 2 fully saturated rings. The lowest BCUT2D eigenvalue weighted by Crippen LogP contribution is -2.55. The fourth-order valence-electron chi connectivity index (χ4n) is 4.61. The van der Waals surface area contributed by atoms with Gasteiger partial charge in [-0.25, -0.2) is 0 Å². The molecule has 4 rings (SSSR count). The van der Waals surface area contributed by atoms with Crippen molar-refractivity contribution in [3.8, 4) is 5.75 Å². The maximum atomic E-state index is 11.3. The van der Waals surface area contributed by atoms with Gasteiger partial charge in [0, 0.05) is 38.4 Å². The lowest BCUT2D eigenvalue weighted by Gasteiger charge is -2.42. The van der Waals surface area contributed by atoms with Gasteiger partial charge >= 0.3 is 0 Å². The second-order valence-corrected chi connectivity index (χ2v) is 9.09. The molecule has 0 spiro atoms. The summed E-state index contributed by atoms with van der Waals surface area (Å²) >= 11 is 0. The van der Waals surface area contributed by atoms with Crippen LogP contribution < -0.4 is 9.64 Å². The molecule has 0 unspecified atom stereocenters. The number of piperidine rings is 1. The molecule has 2 saturated heterocycles. The van der Waals surface area contributed by atoms with E-state index >= 15 is 0 Å². The van der Waals surface area contributed by atoms with Crippen LogP contribution in [0.2, 0.25) is 0 Å². The summed E-state index contributed by atoms with van der Waals surface area (Å²) in [6.07, 6.45) is 1.41. The van der Waals surface area contributed by atoms with E-state index in [0.717, 1.165) is 18.8 Å². The van der Waals surface area contributed by atoms with E-state index in [4.69, 9.17) is 9.47 Å². The van der Waals surface area contributed by atoms with Crippen LogP contribution in [-0.4, -0.2) is 78.9 Å². The van der Waals surface area contributed by atoms with Gasteiger partial charge in [0.1, 0.15) is 18.0 Å². The molecule has 0 amide bonds. The molecule has 1 atom stereocenters. The largest absolute Gasteiger partial charge is 0.490 e. The SMILES string of the molecule is Cc1ccccc1N1CCC(O)(CN2CCOC[C@@](O)(COc3ccccc3)C2)CC1. The minimum absolute atomic E-state index is 0.160. The van der Waals surface area contributed by atoms with Gasteiger partial charge in [0.25, 0.3) is 0 Å². The second kappa shape index (κ2) is 9.57. The summed E-state index contributed by atoms with van der Waals surface area (Å²) in [7, 11) is 0. The molecule has 0 bridgehead atoms. The Balaban J connectivity index is 1.34. The van der Waals surface area contributed by atoms with E-state index in [1.807, 2.05) is 30.3 Å². The van der Waals surface area contributed by atoms with Gasteiger partial charge in [0.2, 0.25) is 0 Å². The van der Waals surface area contributed by atoms with Crippen molar-refractivity contribution in [1.29, 1.82) is 0 Å².